The van der Waals surface area contributed by atoms with Crippen LogP contribution in [0.5, 0.6) is 0 Å². The maximum atomic E-state index is 12.3. The van der Waals surface area contributed by atoms with Gasteiger partial charge in [0.2, 0.25) is 5.95 Å². The van der Waals surface area contributed by atoms with Crippen molar-refractivity contribution < 1.29 is 0 Å². The topological polar surface area (TPSA) is 84.6 Å². The van der Waals surface area contributed by atoms with Crippen molar-refractivity contribution in [3.63, 3.8) is 0 Å². The van der Waals surface area contributed by atoms with Crippen LogP contribution in [0.3, 0.4) is 0 Å². The highest BCUT2D eigenvalue weighted by atomic mass is 16.1. The molecule has 8 nitrogen and oxygen atoms in total. The molecule has 3 aromatic heterocycles. The van der Waals surface area contributed by atoms with Crippen LogP contribution in [-0.4, -0.2) is 42.6 Å². The number of rotatable bonds is 3. The fourth-order valence-electron chi connectivity index (χ4n) is 3.50. The van der Waals surface area contributed by atoms with Crippen molar-refractivity contribution in [2.24, 2.45) is 7.05 Å². The molecule has 0 spiro atoms. The van der Waals surface area contributed by atoms with E-state index in [-0.39, 0.29) is 11.0 Å². The Kier molecular flexibility index (Phi) is 3.63. The highest BCUT2D eigenvalue weighted by Crippen LogP contribution is 2.34. The van der Waals surface area contributed by atoms with E-state index in [1.807, 2.05) is 10.9 Å². The first-order chi connectivity index (χ1) is 12.0. The van der Waals surface area contributed by atoms with Crippen LogP contribution < -0.4 is 10.5 Å². The number of hydrogen-bond acceptors (Lipinski definition) is 5. The molecule has 0 aromatic carbocycles. The van der Waals surface area contributed by atoms with Gasteiger partial charge in [-0.3, -0.25) is 19.1 Å². The number of aromatic nitrogens is 6. The van der Waals surface area contributed by atoms with Crippen LogP contribution in [0.4, 0.5) is 5.95 Å². The zero-order chi connectivity index (χ0) is 17.6. The van der Waals surface area contributed by atoms with E-state index >= 15 is 0 Å². The van der Waals surface area contributed by atoms with Gasteiger partial charge in [-0.25, -0.2) is 0 Å². The number of nitrogens with one attached hydrogen (secondary N) is 1. The van der Waals surface area contributed by atoms with Gasteiger partial charge in [-0.1, -0.05) is 6.92 Å². The predicted octanol–water partition coefficient (Wildman–Crippen LogP) is 1.43. The summed E-state index contributed by atoms with van der Waals surface area (Å²) in [7, 11) is 1.80. The number of aromatic amines is 1. The van der Waals surface area contributed by atoms with E-state index in [9.17, 15) is 4.79 Å². The van der Waals surface area contributed by atoms with Crippen LogP contribution in [0.25, 0.3) is 11.0 Å². The van der Waals surface area contributed by atoms with E-state index in [1.165, 1.54) is 0 Å². The first kappa shape index (κ1) is 15.9. The summed E-state index contributed by atoms with van der Waals surface area (Å²) >= 11 is 0. The standard InChI is InChI=1S/C17H23N7O/c1-4-24-8-5-13(21-24)17(2)6-9-23(10-7-17)16-19-14-12(15(25)20-16)11-18-22(14)3/h5,8,11H,4,6-7,9-10H2,1-3H3,(H,19,20,25). The molecule has 4 rings (SSSR count). The van der Waals surface area contributed by atoms with E-state index in [0.29, 0.717) is 17.0 Å². The van der Waals surface area contributed by atoms with Crippen molar-refractivity contribution in [3.05, 3.63) is 34.5 Å². The summed E-state index contributed by atoms with van der Waals surface area (Å²) in [6, 6.07) is 2.13. The number of nitrogens with zero attached hydrogens (tertiary/aromatic N) is 6. The monoisotopic (exact) mass is 341 g/mol. The molecule has 1 aliphatic rings. The molecule has 0 amide bonds. The molecule has 132 valence electrons. The molecular weight excluding hydrogens is 318 g/mol. The first-order valence-electron chi connectivity index (χ1n) is 8.71. The lowest BCUT2D eigenvalue weighted by molar-refractivity contribution is 0.347. The van der Waals surface area contributed by atoms with Crippen LogP contribution in [0.1, 0.15) is 32.4 Å². The Labute approximate surface area is 145 Å². The summed E-state index contributed by atoms with van der Waals surface area (Å²) in [5, 5.41) is 9.34. The summed E-state index contributed by atoms with van der Waals surface area (Å²) in [5.41, 5.74) is 1.70. The van der Waals surface area contributed by atoms with E-state index < -0.39 is 0 Å². The Morgan fingerprint density at radius 3 is 2.76 bits per heavy atom. The van der Waals surface area contributed by atoms with Gasteiger partial charge in [0.1, 0.15) is 5.39 Å². The molecule has 0 aliphatic carbocycles. The molecular formula is C17H23N7O. The lowest BCUT2D eigenvalue weighted by Gasteiger charge is -2.38. The summed E-state index contributed by atoms with van der Waals surface area (Å²) in [6.07, 6.45) is 5.55. The van der Waals surface area contributed by atoms with Crippen LogP contribution >= 0.6 is 0 Å². The van der Waals surface area contributed by atoms with Crippen LogP contribution in [-0.2, 0) is 19.0 Å². The van der Waals surface area contributed by atoms with Crippen molar-refractivity contribution in [1.29, 1.82) is 0 Å². The average Bonchev–Trinajstić information content (AvgIpc) is 3.23. The summed E-state index contributed by atoms with van der Waals surface area (Å²) in [4.78, 5) is 21.9. The minimum atomic E-state index is -0.136. The zero-order valence-corrected chi connectivity index (χ0v) is 14.9. The number of piperidine rings is 1. The van der Waals surface area contributed by atoms with Crippen molar-refractivity contribution in [1.82, 2.24) is 29.5 Å². The Balaban J connectivity index is 1.57. The van der Waals surface area contributed by atoms with Gasteiger partial charge in [-0.15, -0.1) is 0 Å². The summed E-state index contributed by atoms with van der Waals surface area (Å²) < 4.78 is 3.61. The van der Waals surface area contributed by atoms with Crippen molar-refractivity contribution in [3.8, 4) is 0 Å². The molecule has 4 heterocycles. The van der Waals surface area contributed by atoms with Gasteiger partial charge in [-0.2, -0.15) is 15.2 Å². The Morgan fingerprint density at radius 2 is 2.08 bits per heavy atom. The van der Waals surface area contributed by atoms with Crippen LogP contribution in [0, 0.1) is 0 Å². The number of aryl methyl sites for hydroxylation is 2. The van der Waals surface area contributed by atoms with Gasteiger partial charge in [0, 0.05) is 38.3 Å². The van der Waals surface area contributed by atoms with Gasteiger partial charge in [0.15, 0.2) is 5.65 Å². The van der Waals surface area contributed by atoms with Crippen LogP contribution in [0.15, 0.2) is 23.3 Å². The number of fused-ring (bicyclic) bond motifs is 1. The molecule has 1 fully saturated rings. The lowest BCUT2D eigenvalue weighted by atomic mass is 9.78. The minimum Gasteiger partial charge on any atom is -0.342 e. The predicted molar refractivity (Wildman–Crippen MR) is 95.8 cm³/mol. The highest BCUT2D eigenvalue weighted by molar-refractivity contribution is 5.74. The van der Waals surface area contributed by atoms with Gasteiger partial charge in [0.25, 0.3) is 5.56 Å². The van der Waals surface area contributed by atoms with E-state index in [1.54, 1.807) is 17.9 Å². The Morgan fingerprint density at radius 1 is 1.32 bits per heavy atom. The average molecular weight is 341 g/mol. The molecule has 0 bridgehead atoms. The number of H-pyrrole nitrogens is 1. The van der Waals surface area contributed by atoms with E-state index in [2.05, 4.69) is 39.9 Å². The maximum Gasteiger partial charge on any atom is 0.263 e. The number of anilines is 1. The maximum absolute atomic E-state index is 12.3. The van der Waals surface area contributed by atoms with Crippen molar-refractivity contribution in [2.45, 2.75) is 38.6 Å². The molecule has 25 heavy (non-hydrogen) atoms. The second-order valence-corrected chi connectivity index (χ2v) is 7.00. The van der Waals surface area contributed by atoms with Gasteiger partial charge in [-0.05, 0) is 25.8 Å². The largest absolute Gasteiger partial charge is 0.342 e. The quantitative estimate of drug-likeness (QED) is 0.779. The fourth-order valence-corrected chi connectivity index (χ4v) is 3.50. The minimum absolute atomic E-state index is 0.0633. The van der Waals surface area contributed by atoms with E-state index in [0.717, 1.165) is 38.2 Å². The molecule has 1 aliphatic heterocycles. The van der Waals surface area contributed by atoms with Gasteiger partial charge >= 0.3 is 0 Å². The first-order valence-corrected chi connectivity index (χ1v) is 8.71. The third kappa shape index (κ3) is 2.61. The molecule has 1 N–H and O–H groups in total. The lowest BCUT2D eigenvalue weighted by Crippen LogP contribution is -2.42. The highest BCUT2D eigenvalue weighted by Gasteiger charge is 2.34. The SMILES string of the molecule is CCn1ccc(C2(C)CCN(c3nc4c(cnn4C)c(=O)[nH]3)CC2)n1. The molecule has 3 aromatic rings. The molecule has 0 saturated carbocycles. The second kappa shape index (κ2) is 5.72. The summed E-state index contributed by atoms with van der Waals surface area (Å²) in [6.45, 7) is 6.92. The van der Waals surface area contributed by atoms with E-state index in [4.69, 9.17) is 5.10 Å². The number of hydrogen-bond donors (Lipinski definition) is 1. The van der Waals surface area contributed by atoms with Gasteiger partial charge < -0.3 is 4.90 Å². The smallest absolute Gasteiger partial charge is 0.263 e. The molecule has 0 atom stereocenters. The second-order valence-electron chi connectivity index (χ2n) is 7.00. The Bertz CT molecular complexity index is 959. The van der Waals surface area contributed by atoms with Crippen molar-refractivity contribution in [2.75, 3.05) is 18.0 Å². The Hall–Kier alpha value is -2.64. The molecule has 0 unspecified atom stereocenters. The normalized spacial score (nSPS) is 17.3. The van der Waals surface area contributed by atoms with Crippen LogP contribution in [0.2, 0.25) is 0 Å². The van der Waals surface area contributed by atoms with Gasteiger partial charge in [0.05, 0.1) is 11.9 Å². The molecule has 0 radical (unpaired) electrons. The third-order valence-electron chi connectivity index (χ3n) is 5.34. The fraction of sp³-hybridized carbons (Fsp3) is 0.529. The van der Waals surface area contributed by atoms with Crippen molar-refractivity contribution >= 4 is 17.0 Å². The zero-order valence-electron chi connectivity index (χ0n) is 14.9. The molecule has 8 heteroatoms. The molecule has 1 saturated heterocycles. The summed E-state index contributed by atoms with van der Waals surface area (Å²) in [5.74, 6) is 0.627. The third-order valence-corrected chi connectivity index (χ3v) is 5.34.